The standard InChI is InChI=1S/C20H23N3OS2/c1-5-15(18(21)24)26-20-17-16(12(4)25-19(17)22-10-23-20)14-8-6-13(7-9-14)11(2)3/h6-11,15H,5H2,1-4H3,(H2,21,24). The van der Waals surface area contributed by atoms with Gasteiger partial charge in [0.15, 0.2) is 0 Å². The molecule has 0 aliphatic carbocycles. The number of hydrogen-bond acceptors (Lipinski definition) is 5. The second-order valence-electron chi connectivity index (χ2n) is 6.59. The number of carbonyl (C=O) groups excluding carboxylic acids is 1. The van der Waals surface area contributed by atoms with Crippen molar-refractivity contribution in [1.82, 2.24) is 9.97 Å². The maximum atomic E-state index is 11.7. The van der Waals surface area contributed by atoms with E-state index in [0.717, 1.165) is 26.4 Å². The number of primary amides is 1. The van der Waals surface area contributed by atoms with Gasteiger partial charge in [-0.25, -0.2) is 9.97 Å². The first-order valence-electron chi connectivity index (χ1n) is 8.72. The molecular formula is C20H23N3OS2. The zero-order chi connectivity index (χ0) is 18.8. The number of amides is 1. The van der Waals surface area contributed by atoms with Gasteiger partial charge >= 0.3 is 0 Å². The second-order valence-corrected chi connectivity index (χ2v) is 8.98. The van der Waals surface area contributed by atoms with Gasteiger partial charge < -0.3 is 5.73 Å². The predicted molar refractivity (Wildman–Crippen MR) is 111 cm³/mol. The van der Waals surface area contributed by atoms with Crippen LogP contribution in [0.3, 0.4) is 0 Å². The highest BCUT2D eigenvalue weighted by atomic mass is 32.2. The summed E-state index contributed by atoms with van der Waals surface area (Å²) in [5, 5.41) is 1.56. The Kier molecular flexibility index (Phi) is 5.63. The summed E-state index contributed by atoms with van der Waals surface area (Å²) in [6, 6.07) is 8.68. The van der Waals surface area contributed by atoms with Crippen LogP contribution in [-0.4, -0.2) is 21.1 Å². The summed E-state index contributed by atoms with van der Waals surface area (Å²) >= 11 is 3.10. The van der Waals surface area contributed by atoms with Gasteiger partial charge in [-0.15, -0.1) is 11.3 Å². The number of hydrogen-bond donors (Lipinski definition) is 1. The van der Waals surface area contributed by atoms with Crippen molar-refractivity contribution in [3.8, 4) is 11.1 Å². The quantitative estimate of drug-likeness (QED) is 0.471. The lowest BCUT2D eigenvalue weighted by atomic mass is 9.98. The Hall–Kier alpha value is -1.92. The van der Waals surface area contributed by atoms with Gasteiger partial charge in [0.25, 0.3) is 0 Å². The van der Waals surface area contributed by atoms with Crippen molar-refractivity contribution >= 4 is 39.2 Å². The molecule has 2 heterocycles. The molecule has 0 aliphatic heterocycles. The van der Waals surface area contributed by atoms with Crippen molar-refractivity contribution in [2.75, 3.05) is 0 Å². The number of thiophene rings is 1. The summed E-state index contributed by atoms with van der Waals surface area (Å²) in [6.45, 7) is 8.46. The molecule has 0 saturated heterocycles. The normalized spacial score (nSPS) is 12.7. The van der Waals surface area contributed by atoms with Crippen LogP contribution in [-0.2, 0) is 4.79 Å². The zero-order valence-corrected chi connectivity index (χ0v) is 17.1. The van der Waals surface area contributed by atoms with Crippen molar-refractivity contribution in [2.45, 2.75) is 50.3 Å². The molecule has 0 spiro atoms. The van der Waals surface area contributed by atoms with Crippen molar-refractivity contribution in [3.63, 3.8) is 0 Å². The maximum absolute atomic E-state index is 11.7. The highest BCUT2D eigenvalue weighted by Crippen LogP contribution is 2.42. The van der Waals surface area contributed by atoms with Gasteiger partial charge in [-0.2, -0.15) is 0 Å². The van der Waals surface area contributed by atoms with E-state index >= 15 is 0 Å². The van der Waals surface area contributed by atoms with E-state index < -0.39 is 0 Å². The zero-order valence-electron chi connectivity index (χ0n) is 15.4. The third-order valence-electron chi connectivity index (χ3n) is 4.44. The van der Waals surface area contributed by atoms with Gasteiger partial charge in [-0.05, 0) is 30.4 Å². The Morgan fingerprint density at radius 3 is 2.50 bits per heavy atom. The Morgan fingerprint density at radius 1 is 1.23 bits per heavy atom. The minimum Gasteiger partial charge on any atom is -0.369 e. The van der Waals surface area contributed by atoms with Gasteiger partial charge in [0.05, 0.1) is 10.6 Å². The molecule has 0 saturated carbocycles. The first-order chi connectivity index (χ1) is 12.4. The van der Waals surface area contributed by atoms with Crippen LogP contribution in [0.1, 0.15) is 43.6 Å². The molecule has 3 aromatic rings. The Balaban J connectivity index is 2.13. The molecule has 1 aromatic carbocycles. The molecule has 136 valence electrons. The number of aryl methyl sites for hydroxylation is 1. The lowest BCUT2D eigenvalue weighted by Crippen LogP contribution is -2.24. The molecule has 4 nitrogen and oxygen atoms in total. The molecule has 2 aromatic heterocycles. The largest absolute Gasteiger partial charge is 0.369 e. The van der Waals surface area contributed by atoms with Crippen molar-refractivity contribution in [3.05, 3.63) is 41.0 Å². The maximum Gasteiger partial charge on any atom is 0.230 e. The summed E-state index contributed by atoms with van der Waals surface area (Å²) in [4.78, 5) is 22.8. The average Bonchev–Trinajstić information content (AvgIpc) is 2.96. The van der Waals surface area contributed by atoms with Gasteiger partial charge in [0.2, 0.25) is 5.91 Å². The number of carbonyl (C=O) groups is 1. The number of nitrogens with two attached hydrogens (primary N) is 1. The fraction of sp³-hybridized carbons (Fsp3) is 0.350. The van der Waals surface area contributed by atoms with E-state index in [0.29, 0.717) is 12.3 Å². The summed E-state index contributed by atoms with van der Waals surface area (Å²) in [5.74, 6) is 0.193. The summed E-state index contributed by atoms with van der Waals surface area (Å²) < 4.78 is 0. The van der Waals surface area contributed by atoms with E-state index in [1.54, 1.807) is 17.7 Å². The summed E-state index contributed by atoms with van der Waals surface area (Å²) in [5.41, 5.74) is 9.16. The van der Waals surface area contributed by atoms with Gasteiger partial charge in [0, 0.05) is 10.4 Å². The summed E-state index contributed by atoms with van der Waals surface area (Å²) in [6.07, 6.45) is 2.24. The van der Waals surface area contributed by atoms with E-state index in [2.05, 4.69) is 55.0 Å². The molecule has 3 rings (SSSR count). The molecule has 0 bridgehead atoms. The Morgan fingerprint density at radius 2 is 1.92 bits per heavy atom. The highest BCUT2D eigenvalue weighted by molar-refractivity contribution is 8.00. The predicted octanol–water partition coefficient (Wildman–Crippen LogP) is 5.15. The number of fused-ring (bicyclic) bond motifs is 1. The SMILES string of the molecule is CCC(Sc1ncnc2sc(C)c(-c3ccc(C(C)C)cc3)c12)C(N)=O. The van der Waals surface area contributed by atoms with Crippen LogP contribution in [0.2, 0.25) is 0 Å². The molecule has 1 atom stereocenters. The smallest absolute Gasteiger partial charge is 0.230 e. The van der Waals surface area contributed by atoms with Crippen LogP contribution < -0.4 is 5.73 Å². The molecular weight excluding hydrogens is 362 g/mol. The van der Waals surface area contributed by atoms with Gasteiger partial charge in [0.1, 0.15) is 16.2 Å². The Labute approximate surface area is 162 Å². The molecule has 2 N–H and O–H groups in total. The van der Waals surface area contributed by atoms with E-state index in [1.165, 1.54) is 22.2 Å². The highest BCUT2D eigenvalue weighted by Gasteiger charge is 2.21. The monoisotopic (exact) mass is 385 g/mol. The van der Waals surface area contributed by atoms with Crippen molar-refractivity contribution in [1.29, 1.82) is 0 Å². The van der Waals surface area contributed by atoms with Gasteiger partial charge in [-0.1, -0.05) is 56.8 Å². The third-order valence-corrected chi connectivity index (χ3v) is 6.83. The van der Waals surface area contributed by atoms with Crippen LogP contribution >= 0.6 is 23.1 Å². The first kappa shape index (κ1) is 18.9. The van der Waals surface area contributed by atoms with Crippen molar-refractivity contribution < 1.29 is 4.79 Å². The number of thioether (sulfide) groups is 1. The summed E-state index contributed by atoms with van der Waals surface area (Å²) in [7, 11) is 0. The molecule has 1 amide bonds. The van der Waals surface area contributed by atoms with Crippen LogP contribution in [0.15, 0.2) is 35.6 Å². The number of benzene rings is 1. The molecule has 6 heteroatoms. The van der Waals surface area contributed by atoms with E-state index in [1.807, 2.05) is 6.92 Å². The number of rotatable bonds is 6. The number of aromatic nitrogens is 2. The Bertz CT molecular complexity index is 932. The lowest BCUT2D eigenvalue weighted by Gasteiger charge is -2.12. The molecule has 26 heavy (non-hydrogen) atoms. The fourth-order valence-electron chi connectivity index (χ4n) is 2.97. The molecule has 1 unspecified atom stereocenters. The van der Waals surface area contributed by atoms with Crippen LogP contribution in [0, 0.1) is 6.92 Å². The van der Waals surface area contributed by atoms with Crippen LogP contribution in [0.4, 0.5) is 0 Å². The lowest BCUT2D eigenvalue weighted by molar-refractivity contribution is -0.117. The topological polar surface area (TPSA) is 68.9 Å². The van der Waals surface area contributed by atoms with Crippen LogP contribution in [0.25, 0.3) is 21.3 Å². The minimum absolute atomic E-state index is 0.288. The van der Waals surface area contributed by atoms with E-state index in [-0.39, 0.29) is 11.2 Å². The van der Waals surface area contributed by atoms with E-state index in [4.69, 9.17) is 5.73 Å². The van der Waals surface area contributed by atoms with E-state index in [9.17, 15) is 4.79 Å². The fourth-order valence-corrected chi connectivity index (χ4v) is 5.02. The van der Waals surface area contributed by atoms with Gasteiger partial charge in [-0.3, -0.25) is 4.79 Å². The second kappa shape index (κ2) is 7.76. The minimum atomic E-state index is -0.306. The third kappa shape index (κ3) is 3.62. The molecule has 0 radical (unpaired) electrons. The van der Waals surface area contributed by atoms with Crippen molar-refractivity contribution in [2.24, 2.45) is 5.73 Å². The molecule has 0 fully saturated rings. The first-order valence-corrected chi connectivity index (χ1v) is 10.4. The van der Waals surface area contributed by atoms with Crippen LogP contribution in [0.5, 0.6) is 0 Å². The number of nitrogens with zero attached hydrogens (tertiary/aromatic N) is 2. The average molecular weight is 386 g/mol. The molecule has 0 aliphatic rings.